The minimum absolute atomic E-state index is 0.0145. The minimum Gasteiger partial charge on any atom is -0.393 e. The molecule has 0 aromatic heterocycles. The maximum Gasteiger partial charge on any atom is 0.0583 e. The van der Waals surface area contributed by atoms with Crippen LogP contribution in [0, 0.1) is 23.7 Å². The van der Waals surface area contributed by atoms with Gasteiger partial charge in [-0.15, -0.1) is 0 Å². The quantitative estimate of drug-likeness (QED) is 0.818. The van der Waals surface area contributed by atoms with Crippen LogP contribution in [-0.2, 0) is 0 Å². The van der Waals surface area contributed by atoms with E-state index in [9.17, 15) is 5.11 Å². The van der Waals surface area contributed by atoms with Gasteiger partial charge in [0.05, 0.1) is 6.10 Å². The highest BCUT2D eigenvalue weighted by atomic mass is 16.3. The van der Waals surface area contributed by atoms with Crippen molar-refractivity contribution in [1.82, 2.24) is 10.2 Å². The van der Waals surface area contributed by atoms with Gasteiger partial charge in [-0.3, -0.25) is 0 Å². The SMILES string of the molecule is CCCNC1CCC(C)CC1CN1CC2CCC(O)C2C1. The second-order valence-electron chi connectivity index (χ2n) is 8.03. The molecule has 0 aromatic carbocycles. The highest BCUT2D eigenvalue weighted by molar-refractivity contribution is 4.95. The van der Waals surface area contributed by atoms with Gasteiger partial charge in [0.25, 0.3) is 0 Å². The van der Waals surface area contributed by atoms with Crippen molar-refractivity contribution < 1.29 is 5.11 Å². The molecular weight excluding hydrogens is 260 g/mol. The monoisotopic (exact) mass is 294 g/mol. The Balaban J connectivity index is 1.54. The summed E-state index contributed by atoms with van der Waals surface area (Å²) >= 11 is 0. The van der Waals surface area contributed by atoms with Gasteiger partial charge in [0.1, 0.15) is 0 Å². The lowest BCUT2D eigenvalue weighted by atomic mass is 9.78. The first kappa shape index (κ1) is 15.8. The normalized spacial score (nSPS) is 44.1. The molecule has 1 heterocycles. The fourth-order valence-corrected chi connectivity index (χ4v) is 5.11. The van der Waals surface area contributed by atoms with E-state index in [1.807, 2.05) is 0 Å². The predicted molar refractivity (Wildman–Crippen MR) is 87.2 cm³/mol. The number of nitrogens with one attached hydrogen (secondary N) is 1. The number of hydrogen-bond donors (Lipinski definition) is 2. The molecule has 1 aliphatic heterocycles. The van der Waals surface area contributed by atoms with Gasteiger partial charge < -0.3 is 15.3 Å². The first-order valence-corrected chi connectivity index (χ1v) is 9.31. The lowest BCUT2D eigenvalue weighted by Crippen LogP contribution is -2.45. The van der Waals surface area contributed by atoms with E-state index in [0.717, 1.165) is 36.8 Å². The Labute approximate surface area is 130 Å². The third kappa shape index (κ3) is 3.62. The standard InChI is InChI=1S/C18H34N2O/c1-3-8-19-17-6-4-13(2)9-15(17)11-20-10-14-5-7-18(21)16(14)12-20/h13-19,21H,3-12H2,1-2H3. The molecule has 2 aliphatic carbocycles. The van der Waals surface area contributed by atoms with Crippen LogP contribution in [0.25, 0.3) is 0 Å². The molecule has 3 heteroatoms. The summed E-state index contributed by atoms with van der Waals surface area (Å²) in [5, 5.41) is 13.9. The molecule has 3 rings (SSSR count). The second-order valence-corrected chi connectivity index (χ2v) is 8.03. The summed E-state index contributed by atoms with van der Waals surface area (Å²) in [5.74, 6) is 3.06. The zero-order chi connectivity index (χ0) is 14.8. The van der Waals surface area contributed by atoms with Crippen molar-refractivity contribution in [3.05, 3.63) is 0 Å². The molecule has 3 fully saturated rings. The summed E-state index contributed by atoms with van der Waals surface area (Å²) in [6.45, 7) is 9.50. The van der Waals surface area contributed by atoms with Crippen LogP contribution in [0.5, 0.6) is 0 Å². The summed E-state index contributed by atoms with van der Waals surface area (Å²) in [5.41, 5.74) is 0. The molecular formula is C18H34N2O. The van der Waals surface area contributed by atoms with Crippen LogP contribution in [0.2, 0.25) is 0 Å². The van der Waals surface area contributed by atoms with E-state index in [1.54, 1.807) is 0 Å². The smallest absolute Gasteiger partial charge is 0.0583 e. The van der Waals surface area contributed by atoms with Gasteiger partial charge in [-0.2, -0.15) is 0 Å². The van der Waals surface area contributed by atoms with Crippen LogP contribution < -0.4 is 5.32 Å². The van der Waals surface area contributed by atoms with E-state index < -0.39 is 0 Å². The molecule has 3 nitrogen and oxygen atoms in total. The van der Waals surface area contributed by atoms with Crippen molar-refractivity contribution in [3.8, 4) is 0 Å². The minimum atomic E-state index is -0.0145. The van der Waals surface area contributed by atoms with E-state index in [2.05, 4.69) is 24.1 Å². The fourth-order valence-electron chi connectivity index (χ4n) is 5.11. The number of rotatable bonds is 5. The summed E-state index contributed by atoms with van der Waals surface area (Å²) in [7, 11) is 0. The van der Waals surface area contributed by atoms with Crippen LogP contribution in [0.3, 0.4) is 0 Å². The molecule has 21 heavy (non-hydrogen) atoms. The third-order valence-electron chi connectivity index (χ3n) is 6.29. The van der Waals surface area contributed by atoms with Gasteiger partial charge >= 0.3 is 0 Å². The van der Waals surface area contributed by atoms with Crippen molar-refractivity contribution in [2.75, 3.05) is 26.2 Å². The van der Waals surface area contributed by atoms with Crippen LogP contribution >= 0.6 is 0 Å². The zero-order valence-electron chi connectivity index (χ0n) is 13.9. The molecule has 0 radical (unpaired) electrons. The first-order valence-electron chi connectivity index (χ1n) is 9.31. The Hall–Kier alpha value is -0.120. The number of likely N-dealkylation sites (tertiary alicyclic amines) is 1. The number of hydrogen-bond acceptors (Lipinski definition) is 3. The number of nitrogens with zero attached hydrogens (tertiary/aromatic N) is 1. The van der Waals surface area contributed by atoms with E-state index >= 15 is 0 Å². The van der Waals surface area contributed by atoms with Gasteiger partial charge in [0, 0.05) is 31.6 Å². The van der Waals surface area contributed by atoms with Crippen molar-refractivity contribution in [2.24, 2.45) is 23.7 Å². The number of fused-ring (bicyclic) bond motifs is 1. The molecule has 0 bridgehead atoms. The molecule has 0 aromatic rings. The molecule has 0 spiro atoms. The third-order valence-corrected chi connectivity index (χ3v) is 6.29. The van der Waals surface area contributed by atoms with E-state index in [1.165, 1.54) is 51.7 Å². The molecule has 0 amide bonds. The first-order chi connectivity index (χ1) is 10.2. The average molecular weight is 294 g/mol. The summed E-state index contributed by atoms with van der Waals surface area (Å²) < 4.78 is 0. The zero-order valence-corrected chi connectivity index (χ0v) is 13.9. The summed E-state index contributed by atoms with van der Waals surface area (Å²) in [6, 6.07) is 0.728. The molecule has 3 aliphatic rings. The molecule has 1 saturated heterocycles. The largest absolute Gasteiger partial charge is 0.393 e. The maximum absolute atomic E-state index is 10.1. The fraction of sp³-hybridized carbons (Fsp3) is 1.00. The Morgan fingerprint density at radius 1 is 1.14 bits per heavy atom. The Bertz CT molecular complexity index is 333. The van der Waals surface area contributed by atoms with Crippen molar-refractivity contribution in [1.29, 1.82) is 0 Å². The van der Waals surface area contributed by atoms with E-state index in [4.69, 9.17) is 0 Å². The molecule has 122 valence electrons. The van der Waals surface area contributed by atoms with Gasteiger partial charge in [-0.05, 0) is 62.8 Å². The predicted octanol–water partition coefficient (Wildman–Crippen LogP) is 2.49. The number of aliphatic hydroxyl groups is 1. The summed E-state index contributed by atoms with van der Waals surface area (Å²) in [4.78, 5) is 2.67. The Kier molecular flexibility index (Phi) is 5.23. The van der Waals surface area contributed by atoms with E-state index in [0.29, 0.717) is 5.92 Å². The molecule has 6 unspecified atom stereocenters. The van der Waals surface area contributed by atoms with Crippen molar-refractivity contribution >= 4 is 0 Å². The second kappa shape index (κ2) is 6.97. The van der Waals surface area contributed by atoms with Gasteiger partial charge in [0.15, 0.2) is 0 Å². The topological polar surface area (TPSA) is 35.5 Å². The molecule has 6 atom stereocenters. The van der Waals surface area contributed by atoms with Crippen LogP contribution in [0.1, 0.15) is 52.4 Å². The van der Waals surface area contributed by atoms with E-state index in [-0.39, 0.29) is 6.10 Å². The van der Waals surface area contributed by atoms with Gasteiger partial charge in [-0.1, -0.05) is 13.8 Å². The highest BCUT2D eigenvalue weighted by Gasteiger charge is 2.42. The van der Waals surface area contributed by atoms with Crippen LogP contribution in [0.4, 0.5) is 0 Å². The summed E-state index contributed by atoms with van der Waals surface area (Å²) in [6.07, 6.45) is 7.65. The van der Waals surface area contributed by atoms with Crippen LogP contribution in [-0.4, -0.2) is 48.3 Å². The highest BCUT2D eigenvalue weighted by Crippen LogP contribution is 2.39. The van der Waals surface area contributed by atoms with Crippen molar-refractivity contribution in [2.45, 2.75) is 64.5 Å². The van der Waals surface area contributed by atoms with Gasteiger partial charge in [-0.25, -0.2) is 0 Å². The number of aliphatic hydroxyl groups excluding tert-OH is 1. The lowest BCUT2D eigenvalue weighted by molar-refractivity contribution is 0.114. The van der Waals surface area contributed by atoms with Crippen LogP contribution in [0.15, 0.2) is 0 Å². The molecule has 2 N–H and O–H groups in total. The molecule has 2 saturated carbocycles. The average Bonchev–Trinajstić information content (AvgIpc) is 3.00. The van der Waals surface area contributed by atoms with Gasteiger partial charge in [0.2, 0.25) is 0 Å². The Morgan fingerprint density at radius 3 is 2.76 bits per heavy atom. The Morgan fingerprint density at radius 2 is 2.00 bits per heavy atom. The maximum atomic E-state index is 10.1. The van der Waals surface area contributed by atoms with Crippen molar-refractivity contribution in [3.63, 3.8) is 0 Å². The lowest BCUT2D eigenvalue weighted by Gasteiger charge is -2.38.